The molecule has 1 saturated heterocycles. The van der Waals surface area contributed by atoms with Crippen LogP contribution in [0.5, 0.6) is 0 Å². The summed E-state index contributed by atoms with van der Waals surface area (Å²) in [5.74, 6) is 0.804. The first kappa shape index (κ1) is 12.9. The van der Waals surface area contributed by atoms with E-state index in [0.717, 1.165) is 19.0 Å². The SMILES string of the molecule is CN1CCCC(CN(C)CC(N)CN)C1. The van der Waals surface area contributed by atoms with Crippen LogP contribution in [0, 0.1) is 5.92 Å². The van der Waals surface area contributed by atoms with Gasteiger partial charge in [0.05, 0.1) is 0 Å². The molecule has 0 spiro atoms. The van der Waals surface area contributed by atoms with Crippen LogP contribution in [0.25, 0.3) is 0 Å². The van der Waals surface area contributed by atoms with Gasteiger partial charge in [-0.15, -0.1) is 0 Å². The van der Waals surface area contributed by atoms with E-state index in [0.29, 0.717) is 6.54 Å². The lowest BCUT2D eigenvalue weighted by atomic mass is 9.98. The average Bonchev–Trinajstić information content (AvgIpc) is 2.17. The third-order valence-electron chi connectivity index (χ3n) is 3.14. The lowest BCUT2D eigenvalue weighted by Crippen LogP contribution is -2.44. The predicted molar refractivity (Wildman–Crippen MR) is 64.7 cm³/mol. The number of piperidine rings is 1. The molecule has 0 saturated carbocycles. The zero-order valence-electron chi connectivity index (χ0n) is 10.2. The molecule has 0 aromatic rings. The first-order valence-electron chi connectivity index (χ1n) is 5.94. The fourth-order valence-electron chi connectivity index (χ4n) is 2.41. The molecule has 1 heterocycles. The van der Waals surface area contributed by atoms with E-state index in [2.05, 4.69) is 23.9 Å². The van der Waals surface area contributed by atoms with Crippen LogP contribution in [-0.4, -0.2) is 62.7 Å². The molecule has 0 bridgehead atoms. The van der Waals surface area contributed by atoms with Crippen molar-refractivity contribution < 1.29 is 0 Å². The fraction of sp³-hybridized carbons (Fsp3) is 1.00. The summed E-state index contributed by atoms with van der Waals surface area (Å²) in [6.45, 7) is 5.12. The van der Waals surface area contributed by atoms with Gasteiger partial charge in [0.25, 0.3) is 0 Å². The van der Waals surface area contributed by atoms with Gasteiger partial charge in [-0.2, -0.15) is 0 Å². The molecule has 1 aliphatic heterocycles. The standard InChI is InChI=1S/C11H26N4/c1-14-5-3-4-10(7-14)8-15(2)9-11(13)6-12/h10-11H,3-9,12-13H2,1-2H3. The highest BCUT2D eigenvalue weighted by Crippen LogP contribution is 2.15. The summed E-state index contributed by atoms with van der Waals surface area (Å²) in [6, 6.07) is 0.122. The maximum atomic E-state index is 5.83. The Balaban J connectivity index is 2.21. The average molecular weight is 214 g/mol. The van der Waals surface area contributed by atoms with E-state index in [4.69, 9.17) is 11.5 Å². The smallest absolute Gasteiger partial charge is 0.0292 e. The van der Waals surface area contributed by atoms with Crippen LogP contribution in [0.1, 0.15) is 12.8 Å². The van der Waals surface area contributed by atoms with Crippen LogP contribution < -0.4 is 11.5 Å². The Labute approximate surface area is 93.6 Å². The van der Waals surface area contributed by atoms with Crippen LogP contribution in [0.3, 0.4) is 0 Å². The monoisotopic (exact) mass is 214 g/mol. The molecule has 90 valence electrons. The predicted octanol–water partition coefficient (Wildman–Crippen LogP) is -0.454. The van der Waals surface area contributed by atoms with Gasteiger partial charge >= 0.3 is 0 Å². The molecular formula is C11H26N4. The highest BCUT2D eigenvalue weighted by atomic mass is 15.1. The highest BCUT2D eigenvalue weighted by molar-refractivity contribution is 4.75. The minimum absolute atomic E-state index is 0.122. The molecule has 4 nitrogen and oxygen atoms in total. The Morgan fingerprint density at radius 2 is 2.27 bits per heavy atom. The van der Waals surface area contributed by atoms with Gasteiger partial charge in [0.1, 0.15) is 0 Å². The van der Waals surface area contributed by atoms with Crippen molar-refractivity contribution in [1.29, 1.82) is 0 Å². The molecule has 2 unspecified atom stereocenters. The van der Waals surface area contributed by atoms with Crippen molar-refractivity contribution in [3.8, 4) is 0 Å². The molecule has 0 aromatic heterocycles. The number of nitrogens with two attached hydrogens (primary N) is 2. The molecule has 4 heteroatoms. The molecule has 0 amide bonds. The van der Waals surface area contributed by atoms with Crippen molar-refractivity contribution in [2.24, 2.45) is 17.4 Å². The fourth-order valence-corrected chi connectivity index (χ4v) is 2.41. The number of nitrogens with zero attached hydrogens (tertiary/aromatic N) is 2. The largest absolute Gasteiger partial charge is 0.329 e. The van der Waals surface area contributed by atoms with Gasteiger partial charge in [0, 0.05) is 32.2 Å². The topological polar surface area (TPSA) is 58.5 Å². The molecule has 15 heavy (non-hydrogen) atoms. The summed E-state index contributed by atoms with van der Waals surface area (Å²) < 4.78 is 0. The van der Waals surface area contributed by atoms with Crippen molar-refractivity contribution in [1.82, 2.24) is 9.80 Å². The normalized spacial score (nSPS) is 25.8. The minimum Gasteiger partial charge on any atom is -0.329 e. The van der Waals surface area contributed by atoms with E-state index in [1.807, 2.05) is 0 Å². The maximum absolute atomic E-state index is 5.83. The molecule has 4 N–H and O–H groups in total. The minimum atomic E-state index is 0.122. The number of likely N-dealkylation sites (tertiary alicyclic amines) is 1. The molecule has 0 radical (unpaired) electrons. The van der Waals surface area contributed by atoms with Crippen molar-refractivity contribution >= 4 is 0 Å². The number of likely N-dealkylation sites (N-methyl/N-ethyl adjacent to an activating group) is 1. The number of rotatable bonds is 5. The lowest BCUT2D eigenvalue weighted by molar-refractivity contribution is 0.163. The third-order valence-corrected chi connectivity index (χ3v) is 3.14. The van der Waals surface area contributed by atoms with E-state index >= 15 is 0 Å². The molecular weight excluding hydrogens is 188 g/mol. The summed E-state index contributed by atoms with van der Waals surface area (Å²) in [6.07, 6.45) is 2.69. The Hall–Kier alpha value is -0.160. The second-order valence-corrected chi connectivity index (χ2v) is 4.99. The zero-order chi connectivity index (χ0) is 11.3. The second kappa shape index (κ2) is 6.43. The van der Waals surface area contributed by atoms with E-state index in [1.54, 1.807) is 0 Å². The van der Waals surface area contributed by atoms with E-state index in [9.17, 15) is 0 Å². The third kappa shape index (κ3) is 4.93. The summed E-state index contributed by atoms with van der Waals surface area (Å²) in [5.41, 5.74) is 11.3. The summed E-state index contributed by atoms with van der Waals surface area (Å²) in [7, 11) is 4.35. The van der Waals surface area contributed by atoms with Gasteiger partial charge in [-0.3, -0.25) is 0 Å². The van der Waals surface area contributed by atoms with Crippen LogP contribution in [0.15, 0.2) is 0 Å². The Morgan fingerprint density at radius 1 is 1.53 bits per heavy atom. The van der Waals surface area contributed by atoms with Crippen LogP contribution in [0.4, 0.5) is 0 Å². The van der Waals surface area contributed by atoms with Gasteiger partial charge in [0.15, 0.2) is 0 Å². The molecule has 0 aromatic carbocycles. The molecule has 1 rings (SSSR count). The number of hydrogen-bond donors (Lipinski definition) is 2. The van der Waals surface area contributed by atoms with Gasteiger partial charge in [-0.1, -0.05) is 0 Å². The summed E-state index contributed by atoms with van der Waals surface area (Å²) in [5, 5.41) is 0. The first-order chi connectivity index (χ1) is 7.11. The maximum Gasteiger partial charge on any atom is 0.0292 e. The summed E-state index contributed by atoms with van der Waals surface area (Å²) in [4.78, 5) is 4.74. The van der Waals surface area contributed by atoms with Crippen LogP contribution in [0.2, 0.25) is 0 Å². The van der Waals surface area contributed by atoms with Crippen LogP contribution >= 0.6 is 0 Å². The van der Waals surface area contributed by atoms with Crippen molar-refractivity contribution in [3.05, 3.63) is 0 Å². The van der Waals surface area contributed by atoms with Gasteiger partial charge in [-0.25, -0.2) is 0 Å². The van der Waals surface area contributed by atoms with Gasteiger partial charge < -0.3 is 21.3 Å². The van der Waals surface area contributed by atoms with Crippen molar-refractivity contribution in [2.45, 2.75) is 18.9 Å². The molecule has 2 atom stereocenters. The Morgan fingerprint density at radius 3 is 2.87 bits per heavy atom. The highest BCUT2D eigenvalue weighted by Gasteiger charge is 2.18. The quantitative estimate of drug-likeness (QED) is 0.650. The molecule has 1 fully saturated rings. The second-order valence-electron chi connectivity index (χ2n) is 4.99. The molecule has 0 aliphatic carbocycles. The Bertz CT molecular complexity index is 174. The Kier molecular flexibility index (Phi) is 5.53. The van der Waals surface area contributed by atoms with Crippen molar-refractivity contribution in [3.63, 3.8) is 0 Å². The molecule has 1 aliphatic rings. The van der Waals surface area contributed by atoms with Crippen LogP contribution in [-0.2, 0) is 0 Å². The van der Waals surface area contributed by atoms with Gasteiger partial charge in [-0.05, 0) is 39.4 Å². The van der Waals surface area contributed by atoms with Gasteiger partial charge in [0.2, 0.25) is 0 Å². The first-order valence-corrected chi connectivity index (χ1v) is 5.94. The lowest BCUT2D eigenvalue weighted by Gasteiger charge is -2.33. The van der Waals surface area contributed by atoms with Crippen molar-refractivity contribution in [2.75, 3.05) is 46.8 Å². The van der Waals surface area contributed by atoms with E-state index < -0.39 is 0 Å². The zero-order valence-corrected chi connectivity index (χ0v) is 10.2. The van der Waals surface area contributed by atoms with E-state index in [-0.39, 0.29) is 6.04 Å². The number of hydrogen-bond acceptors (Lipinski definition) is 4. The van der Waals surface area contributed by atoms with E-state index in [1.165, 1.54) is 25.9 Å². The summed E-state index contributed by atoms with van der Waals surface area (Å²) >= 11 is 0.